The second kappa shape index (κ2) is 8.95. The van der Waals surface area contributed by atoms with Crippen LogP contribution in [0.1, 0.15) is 39.5 Å². The van der Waals surface area contributed by atoms with Gasteiger partial charge >= 0.3 is 15.5 Å². The minimum absolute atomic E-state index is 0.0897. The van der Waals surface area contributed by atoms with Gasteiger partial charge in [0, 0.05) is 32.8 Å². The Morgan fingerprint density at radius 1 is 1.30 bits per heavy atom. The predicted molar refractivity (Wildman–Crippen MR) is 96.8 cm³/mol. The third kappa shape index (κ3) is 5.95. The van der Waals surface area contributed by atoms with Gasteiger partial charge in [0.1, 0.15) is 0 Å². The summed E-state index contributed by atoms with van der Waals surface area (Å²) in [4.78, 5) is 4.55. The van der Waals surface area contributed by atoms with Crippen LogP contribution in [0.25, 0.3) is 0 Å². The molecule has 2 N–H and O–H groups in total. The first-order valence-electron chi connectivity index (χ1n) is 9.30. The number of halogens is 3. The molecule has 158 valence electrons. The van der Waals surface area contributed by atoms with Gasteiger partial charge in [0.25, 0.3) is 0 Å². The molecular formula is C16H29F3N4O3S. The Bertz CT molecular complexity index is 611. The van der Waals surface area contributed by atoms with Gasteiger partial charge in [-0.25, -0.2) is 8.42 Å². The molecule has 2 aliphatic rings. The molecule has 0 aromatic heterocycles. The van der Waals surface area contributed by atoms with Gasteiger partial charge in [0.15, 0.2) is 5.96 Å². The van der Waals surface area contributed by atoms with Crippen molar-refractivity contribution in [3.63, 3.8) is 0 Å². The van der Waals surface area contributed by atoms with Crippen molar-refractivity contribution in [1.29, 1.82) is 0 Å². The standard InChI is InChI=1S/C16H29F3N4O3S/c1-3-20-14(22-12-15(2)7-4-10-26-15)21-11-13-5-8-23(9-6-13)27(24,25)16(17,18)19/h13H,3-12H2,1-2H3,(H2,20,21,22). The van der Waals surface area contributed by atoms with Gasteiger partial charge in [-0.3, -0.25) is 4.99 Å². The predicted octanol–water partition coefficient (Wildman–Crippen LogP) is 1.67. The van der Waals surface area contributed by atoms with Crippen LogP contribution in [0.4, 0.5) is 13.2 Å². The molecule has 0 aromatic carbocycles. The fourth-order valence-electron chi connectivity index (χ4n) is 3.29. The highest BCUT2D eigenvalue weighted by Gasteiger charge is 2.50. The summed E-state index contributed by atoms with van der Waals surface area (Å²) in [6, 6.07) is 0. The Morgan fingerprint density at radius 3 is 2.48 bits per heavy atom. The summed E-state index contributed by atoms with van der Waals surface area (Å²) in [5, 5.41) is 6.35. The summed E-state index contributed by atoms with van der Waals surface area (Å²) in [6.07, 6.45) is 2.74. The fourth-order valence-corrected chi connectivity index (χ4v) is 4.28. The van der Waals surface area contributed by atoms with E-state index in [0.717, 1.165) is 19.4 Å². The van der Waals surface area contributed by atoms with Crippen LogP contribution in [-0.2, 0) is 14.8 Å². The monoisotopic (exact) mass is 414 g/mol. The van der Waals surface area contributed by atoms with Crippen LogP contribution in [0.5, 0.6) is 0 Å². The minimum Gasteiger partial charge on any atom is -0.373 e. The number of ether oxygens (including phenoxy) is 1. The Hall–Kier alpha value is -1.07. The quantitative estimate of drug-likeness (QED) is 0.510. The lowest BCUT2D eigenvalue weighted by Crippen LogP contribution is -2.47. The van der Waals surface area contributed by atoms with Crippen molar-refractivity contribution in [3.8, 4) is 0 Å². The zero-order chi connectivity index (χ0) is 20.1. The summed E-state index contributed by atoms with van der Waals surface area (Å²) in [5.74, 6) is 0.728. The summed E-state index contributed by atoms with van der Waals surface area (Å²) in [5.41, 5.74) is -5.49. The molecule has 1 unspecified atom stereocenters. The summed E-state index contributed by atoms with van der Waals surface area (Å²) >= 11 is 0. The maximum Gasteiger partial charge on any atom is 0.511 e. The number of alkyl halides is 3. The van der Waals surface area contributed by atoms with E-state index in [1.807, 2.05) is 13.8 Å². The van der Waals surface area contributed by atoms with Crippen LogP contribution in [0, 0.1) is 5.92 Å². The van der Waals surface area contributed by atoms with Crippen LogP contribution < -0.4 is 10.6 Å². The number of aliphatic imine (C=N–C) groups is 1. The average Bonchev–Trinajstić information content (AvgIpc) is 3.04. The number of hydrogen-bond donors (Lipinski definition) is 2. The van der Waals surface area contributed by atoms with Crippen LogP contribution in [0.15, 0.2) is 4.99 Å². The summed E-state index contributed by atoms with van der Waals surface area (Å²) in [7, 11) is -5.22. The van der Waals surface area contributed by atoms with Crippen molar-refractivity contribution in [2.24, 2.45) is 10.9 Å². The molecule has 0 aromatic rings. The lowest BCUT2D eigenvalue weighted by Gasteiger charge is -2.31. The topological polar surface area (TPSA) is 83.0 Å². The summed E-state index contributed by atoms with van der Waals surface area (Å²) < 4.78 is 67.0. The first kappa shape index (κ1) is 22.2. The van der Waals surface area contributed by atoms with Gasteiger partial charge in [0.05, 0.1) is 12.1 Å². The van der Waals surface area contributed by atoms with E-state index in [9.17, 15) is 21.6 Å². The molecule has 2 heterocycles. The Balaban J connectivity index is 1.83. The third-order valence-electron chi connectivity index (χ3n) is 4.98. The summed E-state index contributed by atoms with van der Waals surface area (Å²) in [6.45, 7) is 6.24. The second-order valence-electron chi connectivity index (χ2n) is 7.27. The molecule has 0 spiro atoms. The van der Waals surface area contributed by atoms with E-state index in [1.165, 1.54) is 0 Å². The second-order valence-corrected chi connectivity index (χ2v) is 9.20. The zero-order valence-electron chi connectivity index (χ0n) is 15.8. The maximum atomic E-state index is 12.6. The van der Waals surface area contributed by atoms with Gasteiger partial charge in [-0.2, -0.15) is 17.5 Å². The van der Waals surface area contributed by atoms with Gasteiger partial charge in [-0.05, 0) is 45.4 Å². The van der Waals surface area contributed by atoms with Gasteiger partial charge < -0.3 is 15.4 Å². The van der Waals surface area contributed by atoms with E-state index in [-0.39, 0.29) is 24.6 Å². The Morgan fingerprint density at radius 2 is 1.96 bits per heavy atom. The molecule has 0 saturated carbocycles. The first-order valence-corrected chi connectivity index (χ1v) is 10.7. The SMILES string of the molecule is CCNC(=NCC1(C)CCCO1)NCC1CCN(S(=O)(=O)C(F)(F)F)CC1. The lowest BCUT2D eigenvalue weighted by molar-refractivity contribution is -0.0496. The van der Waals surface area contributed by atoms with Crippen LogP contribution in [0.2, 0.25) is 0 Å². The molecule has 2 rings (SSSR count). The van der Waals surface area contributed by atoms with E-state index in [1.54, 1.807) is 0 Å². The maximum absolute atomic E-state index is 12.6. The van der Waals surface area contributed by atoms with Crippen LogP contribution >= 0.6 is 0 Å². The van der Waals surface area contributed by atoms with Crippen molar-refractivity contribution < 1.29 is 26.3 Å². The highest BCUT2D eigenvalue weighted by molar-refractivity contribution is 7.90. The number of hydrogen-bond acceptors (Lipinski definition) is 4. The van der Waals surface area contributed by atoms with Gasteiger partial charge in [0.2, 0.25) is 0 Å². The Labute approximate surface area is 158 Å². The van der Waals surface area contributed by atoms with Crippen molar-refractivity contribution in [2.45, 2.75) is 50.6 Å². The molecule has 27 heavy (non-hydrogen) atoms. The molecule has 2 aliphatic heterocycles. The minimum atomic E-state index is -5.23. The third-order valence-corrected chi connectivity index (χ3v) is 6.61. The number of guanidine groups is 1. The number of piperidine rings is 1. The molecule has 2 fully saturated rings. The van der Waals surface area contributed by atoms with Crippen molar-refractivity contribution in [3.05, 3.63) is 0 Å². The zero-order valence-corrected chi connectivity index (χ0v) is 16.6. The van der Waals surface area contributed by atoms with Crippen molar-refractivity contribution >= 4 is 16.0 Å². The van der Waals surface area contributed by atoms with E-state index >= 15 is 0 Å². The molecule has 1 atom stereocenters. The number of rotatable bonds is 6. The van der Waals surface area contributed by atoms with Crippen molar-refractivity contribution in [2.75, 3.05) is 39.3 Å². The highest BCUT2D eigenvalue weighted by Crippen LogP contribution is 2.30. The van der Waals surface area contributed by atoms with E-state index in [4.69, 9.17) is 4.74 Å². The van der Waals surface area contributed by atoms with Gasteiger partial charge in [-0.15, -0.1) is 0 Å². The molecule has 0 bridgehead atoms. The van der Waals surface area contributed by atoms with E-state index < -0.39 is 15.5 Å². The molecular weight excluding hydrogens is 385 g/mol. The largest absolute Gasteiger partial charge is 0.511 e. The highest BCUT2D eigenvalue weighted by atomic mass is 32.2. The van der Waals surface area contributed by atoms with Crippen molar-refractivity contribution in [1.82, 2.24) is 14.9 Å². The lowest BCUT2D eigenvalue weighted by atomic mass is 9.98. The molecule has 0 aliphatic carbocycles. The van der Waals surface area contributed by atoms with Crippen LogP contribution in [0.3, 0.4) is 0 Å². The van der Waals surface area contributed by atoms with Crippen LogP contribution in [-0.4, -0.2) is 69.1 Å². The normalized spacial score (nSPS) is 26.3. The number of sulfonamides is 1. The number of nitrogens with one attached hydrogen (secondary N) is 2. The molecule has 7 nitrogen and oxygen atoms in total. The average molecular weight is 414 g/mol. The molecule has 2 saturated heterocycles. The Kier molecular flexibility index (Phi) is 7.37. The fraction of sp³-hybridized carbons (Fsp3) is 0.938. The molecule has 0 amide bonds. The first-order chi connectivity index (χ1) is 12.6. The molecule has 0 radical (unpaired) electrons. The smallest absolute Gasteiger partial charge is 0.373 e. The van der Waals surface area contributed by atoms with E-state index in [0.29, 0.717) is 42.7 Å². The van der Waals surface area contributed by atoms with E-state index in [2.05, 4.69) is 15.6 Å². The number of nitrogens with zero attached hydrogens (tertiary/aromatic N) is 2. The molecule has 11 heteroatoms. The van der Waals surface area contributed by atoms with Gasteiger partial charge in [-0.1, -0.05) is 0 Å².